The third-order valence-corrected chi connectivity index (χ3v) is 26.8. The van der Waals surface area contributed by atoms with Gasteiger partial charge in [-0.1, -0.05) is 158 Å². The molecule has 7 aliphatic carbocycles. The fourth-order valence-electron chi connectivity index (χ4n) is 20.5. The van der Waals surface area contributed by atoms with Gasteiger partial charge in [-0.3, -0.25) is 28.8 Å². The van der Waals surface area contributed by atoms with Crippen LogP contribution in [-0.2, 0) is 90.4 Å². The van der Waals surface area contributed by atoms with E-state index in [2.05, 4.69) is 10.6 Å². The van der Waals surface area contributed by atoms with Crippen molar-refractivity contribution in [3.05, 3.63) is 202 Å². The van der Waals surface area contributed by atoms with E-state index in [4.69, 9.17) is 56.8 Å². The van der Waals surface area contributed by atoms with E-state index in [1.165, 1.54) is 45.0 Å². The number of aliphatic hydroxyl groups is 5. The van der Waals surface area contributed by atoms with Crippen molar-refractivity contribution in [1.29, 1.82) is 0 Å². The number of Topliss-reactive ketones (excluding diaryl/α,β-unsaturated/α-hetero) is 2. The molecule has 2 unspecified atom stereocenters. The van der Waals surface area contributed by atoms with Crippen LogP contribution in [0.1, 0.15) is 191 Å². The summed E-state index contributed by atoms with van der Waals surface area (Å²) in [5, 5.41) is 68.2. The number of hydrogen-bond donors (Lipinski definition) is 7. The van der Waals surface area contributed by atoms with Gasteiger partial charge >= 0.3 is 54.0 Å². The standard InChI is InChI=1S/C47H51NO15.C45H53NO14.2CH4/c1-25-30(61-42(55)35(51)34(27-16-10-7-11-17-27)48-40(53)28-18-12-8-13-19-28)23-47(57)39(62-41(54)29-20-14-9-15-21-29)37-45(5,38(52)36(60-26(2)49)33(25)44(47,3)4)31(50)22-32-46(37,24-59-32)63-43(56)58-6;1-23-29(57-39(52)33(49)32(26-15-11-9-12-16-26)46-40(53)60-41(4,5)6)21-45(54)37(58-38(51)27-17-13-10-14-18-27)35-43(36(50)34(56-24(2)47)31(23)42(45,7)8)20-28(43)19-30-44(35,22-55-30)59-25(3)48;;/h7-21,30-32,34-37,39,50-51,57H,22-24H2,1-6H3,(H,48,53);9-18,28-30,32-35,37,49,54H,19-22H2,1-8H3,(H,46,53);2*1H4/t30-,31-,32+,34?,35+,36+,37-,39-,45+,46-,47+;28-,29+,30-,32?,33-,34-,35+,37+,43-,44+,45-;;/m01../s1. The number of alkyl carbamates (subject to hydrolysis) is 1. The molecule has 672 valence electrons. The van der Waals surface area contributed by atoms with E-state index in [9.17, 15) is 73.5 Å². The highest BCUT2D eigenvalue weighted by atomic mass is 16.8. The van der Waals surface area contributed by atoms with Crippen molar-refractivity contribution in [1.82, 2.24) is 10.6 Å². The van der Waals surface area contributed by atoms with Gasteiger partial charge in [0.15, 0.2) is 47.2 Å². The summed E-state index contributed by atoms with van der Waals surface area (Å²) >= 11 is 0. The molecule has 7 fully saturated rings. The number of rotatable bonds is 19. The molecular weight excluding hydrogens is 1620 g/mol. The molecule has 31 heteroatoms. The van der Waals surface area contributed by atoms with Crippen LogP contribution in [0, 0.1) is 39.4 Å². The van der Waals surface area contributed by atoms with Gasteiger partial charge in [-0.05, 0) is 130 Å². The first-order valence-electron chi connectivity index (χ1n) is 40.8. The minimum atomic E-state index is -2.43. The van der Waals surface area contributed by atoms with Gasteiger partial charge in [-0.25, -0.2) is 28.8 Å². The number of methoxy groups -OCH3 is 1. The lowest BCUT2D eigenvalue weighted by Crippen LogP contribution is -2.82. The Morgan fingerprint density at radius 1 is 0.496 bits per heavy atom. The highest BCUT2D eigenvalue weighted by Gasteiger charge is 2.85. The molecule has 22 atom stereocenters. The van der Waals surface area contributed by atoms with Crippen molar-refractivity contribution in [3.8, 4) is 0 Å². The molecule has 2 aliphatic heterocycles. The number of ketones is 2. The van der Waals surface area contributed by atoms with E-state index < -0.39 is 225 Å². The summed E-state index contributed by atoms with van der Waals surface area (Å²) in [4.78, 5) is 167. The Bertz CT molecular complexity index is 5030. The second-order valence-corrected chi connectivity index (χ2v) is 35.6. The first-order valence-corrected chi connectivity index (χ1v) is 40.8. The zero-order valence-corrected chi connectivity index (χ0v) is 70.7. The third-order valence-electron chi connectivity index (χ3n) is 26.8. The molecule has 0 radical (unpaired) electrons. The van der Waals surface area contributed by atoms with Crippen molar-refractivity contribution in [2.45, 2.75) is 244 Å². The van der Waals surface area contributed by atoms with Crippen LogP contribution in [-0.4, -0.2) is 213 Å². The highest BCUT2D eigenvalue weighted by molar-refractivity contribution is 5.99. The van der Waals surface area contributed by atoms with Crippen molar-refractivity contribution in [3.63, 3.8) is 0 Å². The highest BCUT2D eigenvalue weighted by Crippen LogP contribution is 2.75. The Hall–Kier alpha value is -11.1. The van der Waals surface area contributed by atoms with Gasteiger partial charge in [0, 0.05) is 61.8 Å². The van der Waals surface area contributed by atoms with E-state index in [-0.39, 0.29) is 85.8 Å². The van der Waals surface area contributed by atoms with Gasteiger partial charge in [-0.2, -0.15) is 0 Å². The maximum atomic E-state index is 15.5. The van der Waals surface area contributed by atoms with E-state index >= 15 is 9.59 Å². The zero-order chi connectivity index (χ0) is 89.4. The van der Waals surface area contributed by atoms with Crippen LogP contribution < -0.4 is 10.6 Å². The fourth-order valence-corrected chi connectivity index (χ4v) is 20.5. The second kappa shape index (κ2) is 35.4. The van der Waals surface area contributed by atoms with Gasteiger partial charge < -0.3 is 93.0 Å². The molecule has 1 spiro atoms. The van der Waals surface area contributed by atoms with E-state index in [1.807, 2.05) is 0 Å². The van der Waals surface area contributed by atoms with Gasteiger partial charge in [0.1, 0.15) is 53.4 Å². The van der Waals surface area contributed by atoms with Crippen LogP contribution in [0.3, 0.4) is 0 Å². The molecule has 5 saturated carbocycles. The van der Waals surface area contributed by atoms with Gasteiger partial charge in [0.2, 0.25) is 0 Å². The SMILES string of the molecule is C.C.CC(=O)O[C@H]1C(=O)[C@]23C[C@H]2C[C@H]2OC[C@@]2(OC(C)=O)[C@H]3[C@H](OC(=O)c2ccccc2)[C@]2(O)C[C@H](OC(=O)[C@H](O)C(NC(=O)OC(C)(C)C)c3ccccc3)C(C)=C1C2(C)C.COC(=O)O[C@@]12CO[C@@H]1C[C@H](O)[C@@]1(C)C(=O)[C@H](OC(C)=O)C3=C(C)[C@@H](OC(=O)[C@H](O)C(NC(=O)c4ccccc4)c4ccccc4)C[C@@](O)([C@@H](OC(=O)c4ccccc4)[C@H]21)C3(C)C. The number of aliphatic hydroxyl groups excluding tert-OH is 3. The fraction of sp³-hybridized carbons (Fsp3) is 0.511. The summed E-state index contributed by atoms with van der Waals surface area (Å²) in [5.41, 5.74) is -14.1. The van der Waals surface area contributed by atoms with Gasteiger partial charge in [0.25, 0.3) is 5.91 Å². The van der Waals surface area contributed by atoms with Crippen LogP contribution in [0.25, 0.3) is 0 Å². The van der Waals surface area contributed by atoms with E-state index in [1.54, 1.807) is 183 Å². The number of benzene rings is 5. The number of amides is 2. The minimum absolute atomic E-state index is 0. The second-order valence-electron chi connectivity index (χ2n) is 35.6. The number of carbonyl (C=O) groups excluding carboxylic acids is 12. The Morgan fingerprint density at radius 3 is 1.29 bits per heavy atom. The number of fused-ring (bicyclic) bond motifs is 9. The average Bonchev–Trinajstić information content (AvgIpc) is 1.51. The number of ether oxygens (including phenoxy) is 12. The maximum absolute atomic E-state index is 15.5. The van der Waals surface area contributed by atoms with Gasteiger partial charge in [0.05, 0.1) is 66.9 Å². The Morgan fingerprint density at radius 2 is 0.888 bits per heavy atom. The smallest absolute Gasteiger partial charge is 0.456 e. The Labute approximate surface area is 724 Å². The number of esters is 7. The first-order chi connectivity index (χ1) is 57.9. The maximum Gasteiger partial charge on any atom is 0.508 e. The van der Waals surface area contributed by atoms with Crippen LogP contribution in [0.15, 0.2) is 174 Å². The molecule has 31 nitrogen and oxygen atoms in total. The normalized spacial score (nSPS) is 31.9. The van der Waals surface area contributed by atoms with Crippen molar-refractivity contribution < 1.29 is 140 Å². The molecule has 9 aliphatic rings. The zero-order valence-electron chi connectivity index (χ0n) is 70.7. The number of nitrogens with one attached hydrogen (secondary N) is 2. The molecule has 5 aromatic rings. The number of hydrogen-bond acceptors (Lipinski definition) is 29. The first kappa shape index (κ1) is 94.6. The molecule has 2 amide bonds. The Balaban J connectivity index is 0.000000239. The summed E-state index contributed by atoms with van der Waals surface area (Å²) in [6.07, 6.45) is -20.2. The lowest BCUT2D eigenvalue weighted by atomic mass is 9.44. The van der Waals surface area contributed by atoms with E-state index in [0.717, 1.165) is 21.0 Å². The van der Waals surface area contributed by atoms with Gasteiger partial charge in [-0.15, -0.1) is 0 Å². The van der Waals surface area contributed by atoms with Crippen LogP contribution in [0.5, 0.6) is 0 Å². The Kier molecular flexibility index (Phi) is 26.8. The molecule has 7 N–H and O–H groups in total. The lowest BCUT2D eigenvalue weighted by Gasteiger charge is -2.67. The molecular formula is C94H112N2O29. The molecule has 2 saturated heterocycles. The van der Waals surface area contributed by atoms with Crippen molar-refractivity contribution in [2.75, 3.05) is 20.3 Å². The molecule has 125 heavy (non-hydrogen) atoms. The quantitative estimate of drug-likeness (QED) is 0.0230. The largest absolute Gasteiger partial charge is 0.508 e. The lowest BCUT2D eigenvalue weighted by molar-refractivity contribution is -0.344. The summed E-state index contributed by atoms with van der Waals surface area (Å²) in [6, 6.07) is 37.7. The minimum Gasteiger partial charge on any atom is -0.456 e. The molecule has 0 aromatic heterocycles. The molecule has 4 bridgehead atoms. The van der Waals surface area contributed by atoms with Crippen LogP contribution >= 0.6 is 0 Å². The predicted molar refractivity (Wildman–Crippen MR) is 442 cm³/mol. The monoisotopic (exact) mass is 1730 g/mol. The van der Waals surface area contributed by atoms with E-state index in [0.29, 0.717) is 17.5 Å². The van der Waals surface area contributed by atoms with Crippen LogP contribution in [0.4, 0.5) is 9.59 Å². The molecule has 5 aromatic carbocycles. The average molecular weight is 1730 g/mol. The van der Waals surface area contributed by atoms with Crippen molar-refractivity contribution >= 4 is 71.5 Å². The summed E-state index contributed by atoms with van der Waals surface area (Å²) in [5.74, 6) is -11.9. The van der Waals surface area contributed by atoms with Crippen molar-refractivity contribution in [2.24, 2.45) is 39.4 Å². The summed E-state index contributed by atoms with van der Waals surface area (Å²) < 4.78 is 71.1. The molecule has 14 rings (SSSR count). The van der Waals surface area contributed by atoms with Crippen LogP contribution in [0.2, 0.25) is 0 Å². The summed E-state index contributed by atoms with van der Waals surface area (Å²) in [6.45, 7) is 18.7. The predicted octanol–water partition coefficient (Wildman–Crippen LogP) is 9.70. The topological polar surface area (TPSA) is 441 Å². The summed E-state index contributed by atoms with van der Waals surface area (Å²) in [7, 11) is 1.07. The third kappa shape index (κ3) is 16.6. The number of carbonyl (C=O) groups is 12. The molecule has 2 heterocycles.